The van der Waals surface area contributed by atoms with E-state index in [2.05, 4.69) is 84.0 Å². The fourth-order valence-electron chi connectivity index (χ4n) is 3.02. The van der Waals surface area contributed by atoms with Gasteiger partial charge in [0, 0.05) is 5.66 Å². The van der Waals surface area contributed by atoms with Crippen LogP contribution in [0.5, 0.6) is 0 Å². The van der Waals surface area contributed by atoms with E-state index in [9.17, 15) is 0 Å². The van der Waals surface area contributed by atoms with Crippen molar-refractivity contribution in [3.63, 3.8) is 0 Å². The minimum atomic E-state index is -0.233. The quantitative estimate of drug-likeness (QED) is 0.483. The topological polar surface area (TPSA) is 0 Å². The third kappa shape index (κ3) is 5.23. The number of rotatable bonds is 7. The Morgan fingerprint density at radius 2 is 1.57 bits per heavy atom. The van der Waals surface area contributed by atoms with E-state index < -0.39 is 0 Å². The summed E-state index contributed by atoms with van der Waals surface area (Å²) in [5.41, 5.74) is 2.95. The molecule has 0 nitrogen and oxygen atoms in total. The van der Waals surface area contributed by atoms with Crippen LogP contribution in [-0.2, 0) is 0 Å². The lowest BCUT2D eigenvalue weighted by Crippen LogP contribution is -2.10. The van der Waals surface area contributed by atoms with Gasteiger partial charge in [-0.1, -0.05) is 92.6 Å². The number of hydrogen-bond acceptors (Lipinski definition) is 0. The van der Waals surface area contributed by atoms with E-state index in [4.69, 9.17) is 0 Å². The fourth-order valence-corrected chi connectivity index (χ4v) is 9.14. The molecule has 0 heterocycles. The number of allylic oxidation sites excluding steroid dienone is 4. The van der Waals surface area contributed by atoms with Crippen molar-refractivity contribution in [3.8, 4) is 0 Å². The highest BCUT2D eigenvalue weighted by Gasteiger charge is 2.29. The van der Waals surface area contributed by atoms with Crippen LogP contribution in [0, 0.1) is 0 Å². The molecule has 0 bridgehead atoms. The lowest BCUT2D eigenvalue weighted by Gasteiger charge is -2.27. The van der Waals surface area contributed by atoms with E-state index in [1.807, 2.05) is 0 Å². The highest BCUT2D eigenvalue weighted by Crippen LogP contribution is 2.58. The van der Waals surface area contributed by atoms with Crippen molar-refractivity contribution < 1.29 is 0 Å². The molecule has 0 aliphatic heterocycles. The summed E-state index contributed by atoms with van der Waals surface area (Å²) in [5, 5.41) is 5.00. The number of benzene rings is 1. The van der Waals surface area contributed by atoms with E-state index in [0.29, 0.717) is 11.3 Å². The van der Waals surface area contributed by atoms with Crippen LogP contribution in [0.1, 0.15) is 41.5 Å². The first-order chi connectivity index (χ1) is 10.9. The molecule has 2 rings (SSSR count). The predicted molar refractivity (Wildman–Crippen MR) is 115 cm³/mol. The first-order valence-corrected chi connectivity index (χ1v) is 12.3. The van der Waals surface area contributed by atoms with Crippen molar-refractivity contribution in [1.82, 2.24) is 0 Å². The van der Waals surface area contributed by atoms with Gasteiger partial charge in [-0.3, -0.25) is 0 Å². The summed E-state index contributed by atoms with van der Waals surface area (Å²) >= 11 is 0. The Morgan fingerprint density at radius 3 is 2.09 bits per heavy atom. The van der Waals surface area contributed by atoms with Crippen LogP contribution in [0.3, 0.4) is 0 Å². The van der Waals surface area contributed by atoms with Crippen LogP contribution in [0.2, 0.25) is 0 Å². The second-order valence-corrected chi connectivity index (χ2v) is 13.9. The Kier molecular flexibility index (Phi) is 7.48. The molecule has 23 heavy (non-hydrogen) atoms. The molecule has 1 aliphatic carbocycles. The lowest BCUT2D eigenvalue weighted by molar-refractivity contribution is 1.08. The van der Waals surface area contributed by atoms with Gasteiger partial charge in [0.05, 0.1) is 0 Å². The van der Waals surface area contributed by atoms with Gasteiger partial charge in [-0.25, -0.2) is 0 Å². The van der Waals surface area contributed by atoms with Gasteiger partial charge in [0.25, 0.3) is 0 Å². The molecule has 126 valence electrons. The van der Waals surface area contributed by atoms with Crippen LogP contribution in [0.4, 0.5) is 0 Å². The number of hydrogen-bond donors (Lipinski definition) is 0. The summed E-state index contributed by atoms with van der Waals surface area (Å²) in [5.74, 6) is 0. The van der Waals surface area contributed by atoms with E-state index in [1.165, 1.54) is 5.30 Å². The van der Waals surface area contributed by atoms with Crippen molar-refractivity contribution in [3.05, 3.63) is 53.1 Å². The first kappa shape index (κ1) is 19.3. The third-order valence-corrected chi connectivity index (χ3v) is 10.1. The zero-order chi connectivity index (χ0) is 17.0. The second kappa shape index (κ2) is 8.90. The molecule has 1 aromatic rings. The monoisotopic (exact) mass is 364 g/mol. The van der Waals surface area contributed by atoms with Crippen LogP contribution in [-0.4, -0.2) is 22.6 Å². The molecule has 0 radical (unpaired) electrons. The van der Waals surface area contributed by atoms with Crippen molar-refractivity contribution >= 4 is 30.4 Å². The normalized spacial score (nSPS) is 20.5. The van der Waals surface area contributed by atoms with Crippen molar-refractivity contribution in [2.24, 2.45) is 0 Å². The van der Waals surface area contributed by atoms with Crippen molar-refractivity contribution in [1.29, 1.82) is 0 Å². The summed E-state index contributed by atoms with van der Waals surface area (Å²) in [6.45, 7) is 14.3. The standard InChI is InChI=1S/C20H31P3/c1-14(2)21-18-12-13-19(20(18)22-15(3)4)23(16(5)6)17-10-8-7-9-11-17/h7-16,18,21-22H,1-6H3. The van der Waals surface area contributed by atoms with E-state index in [-0.39, 0.29) is 7.92 Å². The average molecular weight is 364 g/mol. The van der Waals surface area contributed by atoms with Gasteiger partial charge in [-0.2, -0.15) is 0 Å². The van der Waals surface area contributed by atoms with E-state index >= 15 is 0 Å². The van der Waals surface area contributed by atoms with Gasteiger partial charge in [0.1, 0.15) is 0 Å². The maximum Gasteiger partial charge on any atom is 0.0206 e. The molecule has 0 saturated heterocycles. The molecule has 0 fully saturated rings. The van der Waals surface area contributed by atoms with Gasteiger partial charge in [-0.15, -0.1) is 8.58 Å². The molecule has 0 saturated carbocycles. The van der Waals surface area contributed by atoms with Crippen LogP contribution in [0.15, 0.2) is 53.1 Å². The van der Waals surface area contributed by atoms with Crippen LogP contribution in [0.25, 0.3) is 0 Å². The summed E-state index contributed by atoms with van der Waals surface area (Å²) in [7, 11) is 1.76. The molecule has 0 amide bonds. The Hall–Kier alpha value is -0.0100. The smallest absolute Gasteiger partial charge is 0.0206 e. The van der Waals surface area contributed by atoms with Gasteiger partial charge in [0.2, 0.25) is 0 Å². The van der Waals surface area contributed by atoms with Crippen LogP contribution >= 0.6 is 25.1 Å². The molecular formula is C20H31P3. The zero-order valence-corrected chi connectivity index (χ0v) is 18.2. The molecule has 0 N–H and O–H groups in total. The van der Waals surface area contributed by atoms with Gasteiger partial charge >= 0.3 is 0 Å². The molecule has 1 aromatic carbocycles. The summed E-state index contributed by atoms with van der Waals surface area (Å²) in [4.78, 5) is 0. The summed E-state index contributed by atoms with van der Waals surface area (Å²) in [6, 6.07) is 11.2. The predicted octanol–water partition coefficient (Wildman–Crippen LogP) is 6.53. The van der Waals surface area contributed by atoms with Crippen molar-refractivity contribution in [2.75, 3.05) is 0 Å². The SMILES string of the molecule is CC(C)PC1=C(P(c2ccccc2)C(C)C)C=CC1PC(C)C. The van der Waals surface area contributed by atoms with Crippen molar-refractivity contribution in [2.45, 2.75) is 64.2 Å². The molecule has 4 atom stereocenters. The molecule has 0 aromatic heterocycles. The third-order valence-electron chi connectivity index (χ3n) is 3.80. The minimum absolute atomic E-state index is 0.233. The first-order valence-electron chi connectivity index (χ1n) is 8.69. The molecular weight excluding hydrogens is 333 g/mol. The maximum atomic E-state index is 2.51. The fraction of sp³-hybridized carbons (Fsp3) is 0.500. The average Bonchev–Trinajstić information content (AvgIpc) is 2.82. The Morgan fingerprint density at radius 1 is 0.913 bits per heavy atom. The van der Waals surface area contributed by atoms with E-state index in [1.54, 1.807) is 10.6 Å². The minimum Gasteiger partial charge on any atom is -0.108 e. The maximum absolute atomic E-state index is 2.51. The lowest BCUT2D eigenvalue weighted by atomic mass is 10.4. The molecule has 0 spiro atoms. The second-order valence-electron chi connectivity index (χ2n) is 7.06. The van der Waals surface area contributed by atoms with Gasteiger partial charge in [0.15, 0.2) is 0 Å². The van der Waals surface area contributed by atoms with Crippen LogP contribution < -0.4 is 5.30 Å². The molecule has 4 unspecified atom stereocenters. The Bertz CT molecular complexity index is 556. The largest absolute Gasteiger partial charge is 0.108 e. The van der Waals surface area contributed by atoms with E-state index in [0.717, 1.165) is 28.5 Å². The highest BCUT2D eigenvalue weighted by molar-refractivity contribution is 7.71. The molecule has 1 aliphatic rings. The van der Waals surface area contributed by atoms with Gasteiger partial charge in [-0.05, 0) is 40.8 Å². The molecule has 3 heteroatoms. The zero-order valence-electron chi connectivity index (χ0n) is 15.3. The highest BCUT2D eigenvalue weighted by atomic mass is 31.1. The summed E-state index contributed by atoms with van der Waals surface area (Å²) < 4.78 is 0. The Labute approximate surface area is 147 Å². The van der Waals surface area contributed by atoms with Gasteiger partial charge < -0.3 is 0 Å². The Balaban J connectivity index is 2.43. The summed E-state index contributed by atoms with van der Waals surface area (Å²) in [6.07, 6.45) is 5.00.